The Hall–Kier alpha value is -1.55. The lowest BCUT2D eigenvalue weighted by Gasteiger charge is -2.20. The maximum atomic E-state index is 6.40. The lowest BCUT2D eigenvalue weighted by Crippen LogP contribution is -2.29. The highest BCUT2D eigenvalue weighted by atomic mass is 35.5. The summed E-state index contributed by atoms with van der Waals surface area (Å²) in [5, 5.41) is 0.739. The van der Waals surface area contributed by atoms with E-state index in [2.05, 4.69) is 5.43 Å². The minimum atomic E-state index is -0.148. The summed E-state index contributed by atoms with van der Waals surface area (Å²) in [7, 11) is 0. The molecule has 0 saturated carbocycles. The fourth-order valence-electron chi connectivity index (χ4n) is 2.27. The zero-order valence-corrected chi connectivity index (χ0v) is 13.3. The van der Waals surface area contributed by atoms with Crippen molar-refractivity contribution in [3.8, 4) is 5.75 Å². The summed E-state index contributed by atoms with van der Waals surface area (Å²) in [4.78, 5) is 0. The summed E-state index contributed by atoms with van der Waals surface area (Å²) in [6.07, 6.45) is 0.158. The van der Waals surface area contributed by atoms with Crippen LogP contribution in [0.25, 0.3) is 0 Å². The fourth-order valence-corrected chi connectivity index (χ4v) is 2.50. The maximum absolute atomic E-state index is 6.40. The molecule has 0 fully saturated rings. The molecule has 3 nitrogen and oxygen atoms in total. The van der Waals surface area contributed by atoms with Gasteiger partial charge in [-0.05, 0) is 49.6 Å². The molecular formula is C17H21ClN2O. The van der Waals surface area contributed by atoms with Crippen LogP contribution < -0.4 is 16.0 Å². The Balaban J connectivity index is 2.31. The van der Waals surface area contributed by atoms with Crippen molar-refractivity contribution in [3.05, 3.63) is 64.2 Å². The second kappa shape index (κ2) is 6.94. The predicted molar refractivity (Wildman–Crippen MR) is 87.6 cm³/mol. The van der Waals surface area contributed by atoms with Crippen molar-refractivity contribution in [2.45, 2.75) is 32.9 Å². The van der Waals surface area contributed by atoms with Crippen molar-refractivity contribution in [1.29, 1.82) is 0 Å². The van der Waals surface area contributed by atoms with Gasteiger partial charge in [0, 0.05) is 5.02 Å². The van der Waals surface area contributed by atoms with E-state index in [0.717, 1.165) is 27.5 Å². The van der Waals surface area contributed by atoms with Crippen molar-refractivity contribution in [2.24, 2.45) is 5.84 Å². The van der Waals surface area contributed by atoms with Crippen LogP contribution >= 0.6 is 11.6 Å². The molecule has 0 aliphatic carbocycles. The van der Waals surface area contributed by atoms with Crippen LogP contribution in [0.5, 0.6) is 5.75 Å². The fraction of sp³-hybridized carbons (Fsp3) is 0.294. The molecule has 112 valence electrons. The molecule has 0 spiro atoms. The molecule has 0 aliphatic rings. The molecule has 21 heavy (non-hydrogen) atoms. The van der Waals surface area contributed by atoms with Crippen molar-refractivity contribution < 1.29 is 4.74 Å². The summed E-state index contributed by atoms with van der Waals surface area (Å²) in [5.41, 5.74) is 5.89. The van der Waals surface area contributed by atoms with Gasteiger partial charge in [-0.25, -0.2) is 5.43 Å². The molecule has 2 aromatic rings. The van der Waals surface area contributed by atoms with E-state index in [1.165, 1.54) is 0 Å². The van der Waals surface area contributed by atoms with E-state index in [0.29, 0.717) is 0 Å². The first-order valence-electron chi connectivity index (χ1n) is 7.00. The number of halogens is 1. The molecule has 0 saturated heterocycles. The molecule has 0 aliphatic heterocycles. The van der Waals surface area contributed by atoms with E-state index in [1.54, 1.807) is 0 Å². The number of hydrazine groups is 1. The quantitative estimate of drug-likeness (QED) is 0.648. The summed E-state index contributed by atoms with van der Waals surface area (Å²) in [6.45, 7) is 5.99. The zero-order valence-electron chi connectivity index (χ0n) is 12.6. The van der Waals surface area contributed by atoms with E-state index in [4.69, 9.17) is 22.2 Å². The first kappa shape index (κ1) is 15.8. The van der Waals surface area contributed by atoms with E-state index in [-0.39, 0.29) is 12.1 Å². The average Bonchev–Trinajstić information content (AvgIpc) is 2.45. The summed E-state index contributed by atoms with van der Waals surface area (Å²) >= 11 is 6.40. The van der Waals surface area contributed by atoms with Crippen LogP contribution in [0.15, 0.2) is 42.5 Å². The predicted octanol–water partition coefficient (Wildman–Crippen LogP) is 3.99. The molecule has 0 bridgehead atoms. The van der Waals surface area contributed by atoms with E-state index in [9.17, 15) is 0 Å². The van der Waals surface area contributed by atoms with Gasteiger partial charge >= 0.3 is 0 Å². The molecule has 0 heterocycles. The SMILES string of the molecule is Cc1cccc(C(NN)c2ccc(OC(C)C)cc2)c1Cl. The minimum absolute atomic E-state index is 0.148. The van der Waals surface area contributed by atoms with E-state index < -0.39 is 0 Å². The van der Waals surface area contributed by atoms with Gasteiger partial charge in [0.2, 0.25) is 0 Å². The molecule has 0 amide bonds. The Bertz CT molecular complexity index is 596. The first-order chi connectivity index (χ1) is 10.0. The van der Waals surface area contributed by atoms with Crippen LogP contribution in [0.4, 0.5) is 0 Å². The van der Waals surface area contributed by atoms with Crippen LogP contribution in [0, 0.1) is 6.92 Å². The Kier molecular flexibility index (Phi) is 5.23. The van der Waals surface area contributed by atoms with Gasteiger partial charge < -0.3 is 4.74 Å². The number of ether oxygens (including phenoxy) is 1. The number of aryl methyl sites for hydroxylation is 1. The van der Waals surface area contributed by atoms with Gasteiger partial charge in [-0.1, -0.05) is 41.9 Å². The molecule has 2 aromatic carbocycles. The summed E-state index contributed by atoms with van der Waals surface area (Å²) in [5.74, 6) is 6.58. The third-order valence-corrected chi connectivity index (χ3v) is 3.80. The van der Waals surface area contributed by atoms with Crippen LogP contribution in [-0.4, -0.2) is 6.10 Å². The van der Waals surface area contributed by atoms with Gasteiger partial charge in [0.1, 0.15) is 5.75 Å². The van der Waals surface area contributed by atoms with Gasteiger partial charge in [-0.15, -0.1) is 0 Å². The topological polar surface area (TPSA) is 47.3 Å². The number of nitrogens with one attached hydrogen (secondary N) is 1. The van der Waals surface area contributed by atoms with Gasteiger partial charge in [-0.3, -0.25) is 5.84 Å². The third-order valence-electron chi connectivity index (χ3n) is 3.28. The van der Waals surface area contributed by atoms with E-state index in [1.807, 2.05) is 63.2 Å². The Morgan fingerprint density at radius 2 is 1.76 bits per heavy atom. The smallest absolute Gasteiger partial charge is 0.119 e. The molecule has 0 radical (unpaired) electrons. The average molecular weight is 305 g/mol. The summed E-state index contributed by atoms with van der Waals surface area (Å²) < 4.78 is 5.65. The Morgan fingerprint density at radius 3 is 2.33 bits per heavy atom. The molecule has 1 unspecified atom stereocenters. The van der Waals surface area contributed by atoms with Crippen molar-refractivity contribution in [1.82, 2.24) is 5.43 Å². The number of hydrogen-bond donors (Lipinski definition) is 2. The largest absolute Gasteiger partial charge is 0.491 e. The van der Waals surface area contributed by atoms with Gasteiger partial charge in [0.15, 0.2) is 0 Å². The monoisotopic (exact) mass is 304 g/mol. The molecule has 4 heteroatoms. The molecular weight excluding hydrogens is 284 g/mol. The zero-order chi connectivity index (χ0) is 15.4. The minimum Gasteiger partial charge on any atom is -0.491 e. The highest BCUT2D eigenvalue weighted by Gasteiger charge is 2.16. The van der Waals surface area contributed by atoms with Crippen LogP contribution in [-0.2, 0) is 0 Å². The van der Waals surface area contributed by atoms with Crippen molar-refractivity contribution >= 4 is 11.6 Å². The van der Waals surface area contributed by atoms with Crippen LogP contribution in [0.1, 0.15) is 36.6 Å². The van der Waals surface area contributed by atoms with Gasteiger partial charge in [-0.2, -0.15) is 0 Å². The van der Waals surface area contributed by atoms with Crippen LogP contribution in [0.3, 0.4) is 0 Å². The van der Waals surface area contributed by atoms with Crippen LogP contribution in [0.2, 0.25) is 5.02 Å². The Morgan fingerprint density at radius 1 is 1.10 bits per heavy atom. The number of hydrogen-bond acceptors (Lipinski definition) is 3. The lowest BCUT2D eigenvalue weighted by atomic mass is 9.97. The first-order valence-corrected chi connectivity index (χ1v) is 7.38. The second-order valence-corrected chi connectivity index (χ2v) is 5.69. The number of benzene rings is 2. The summed E-state index contributed by atoms with van der Waals surface area (Å²) in [6, 6.07) is 13.7. The standard InChI is InChI=1S/C17H21ClN2O/c1-11(2)21-14-9-7-13(8-10-14)17(20-19)15-6-4-5-12(3)16(15)18/h4-11,17,20H,19H2,1-3H3. The van der Waals surface area contributed by atoms with Crippen molar-refractivity contribution in [3.63, 3.8) is 0 Å². The highest BCUT2D eigenvalue weighted by Crippen LogP contribution is 2.30. The van der Waals surface area contributed by atoms with Gasteiger partial charge in [0.25, 0.3) is 0 Å². The normalized spacial score (nSPS) is 12.5. The molecule has 2 rings (SSSR count). The Labute approximate surface area is 131 Å². The molecule has 0 aromatic heterocycles. The van der Waals surface area contributed by atoms with Crippen molar-refractivity contribution in [2.75, 3.05) is 0 Å². The number of rotatable bonds is 5. The third kappa shape index (κ3) is 3.76. The highest BCUT2D eigenvalue weighted by molar-refractivity contribution is 6.32. The number of nitrogens with two attached hydrogens (primary N) is 1. The molecule has 1 atom stereocenters. The molecule has 3 N–H and O–H groups in total. The van der Waals surface area contributed by atoms with Gasteiger partial charge in [0.05, 0.1) is 12.1 Å². The second-order valence-electron chi connectivity index (χ2n) is 5.31. The lowest BCUT2D eigenvalue weighted by molar-refractivity contribution is 0.242. The van der Waals surface area contributed by atoms with E-state index >= 15 is 0 Å². The maximum Gasteiger partial charge on any atom is 0.119 e.